The van der Waals surface area contributed by atoms with E-state index in [1.54, 1.807) is 30.9 Å². The van der Waals surface area contributed by atoms with Gasteiger partial charge in [-0.15, -0.1) is 0 Å². The largest absolute Gasteiger partial charge is 0.372 e. The number of hydrogen-bond donors (Lipinski definition) is 2. The summed E-state index contributed by atoms with van der Waals surface area (Å²) in [4.78, 5) is 44.8. The van der Waals surface area contributed by atoms with Crippen LogP contribution >= 0.6 is 0 Å². The molecule has 0 aliphatic carbocycles. The second-order valence-electron chi connectivity index (χ2n) is 8.65. The zero-order valence-corrected chi connectivity index (χ0v) is 18.3. The van der Waals surface area contributed by atoms with Crippen LogP contribution in [0.25, 0.3) is 0 Å². The van der Waals surface area contributed by atoms with Crippen molar-refractivity contribution in [3.63, 3.8) is 0 Å². The summed E-state index contributed by atoms with van der Waals surface area (Å²) < 4.78 is 22.8. The zero-order chi connectivity index (χ0) is 23.5. The average molecular weight is 451 g/mol. The number of aromatic nitrogens is 2. The minimum Gasteiger partial charge on any atom is -0.372 e. The Morgan fingerprint density at radius 3 is 2.73 bits per heavy atom. The fourth-order valence-corrected chi connectivity index (χ4v) is 5.09. The Morgan fingerprint density at radius 1 is 1.24 bits per heavy atom. The van der Waals surface area contributed by atoms with Gasteiger partial charge in [0.15, 0.2) is 17.0 Å². The number of fused-ring (bicyclic) bond motifs is 4. The topological polar surface area (TPSA) is 106 Å². The number of anilines is 1. The van der Waals surface area contributed by atoms with Crippen molar-refractivity contribution < 1.29 is 23.5 Å². The highest BCUT2D eigenvalue weighted by molar-refractivity contribution is 6.22. The molecule has 2 aromatic rings. The monoisotopic (exact) mass is 451 g/mol. The number of rotatable bonds is 0. The Hall–Kier alpha value is -3.71. The van der Waals surface area contributed by atoms with Gasteiger partial charge in [-0.3, -0.25) is 14.9 Å². The van der Waals surface area contributed by atoms with Crippen molar-refractivity contribution >= 4 is 23.4 Å². The highest BCUT2D eigenvalue weighted by atomic mass is 19.1. The summed E-state index contributed by atoms with van der Waals surface area (Å²) in [5.74, 6) is 4.24. The maximum atomic E-state index is 15.1. The predicted molar refractivity (Wildman–Crippen MR) is 115 cm³/mol. The first kappa shape index (κ1) is 21.2. The molecule has 1 aromatic heterocycles. The number of nitrogens with one attached hydrogen (secondary N) is 2. The number of nitrogens with zero attached hydrogens (tertiary/aromatic N) is 3. The highest BCUT2D eigenvalue weighted by Crippen LogP contribution is 2.46. The van der Waals surface area contributed by atoms with E-state index in [0.717, 1.165) is 0 Å². The molecule has 1 aromatic carbocycles. The number of ether oxygens (including phenoxy) is 1. The van der Waals surface area contributed by atoms with Crippen LogP contribution in [0.2, 0.25) is 0 Å². The molecule has 1 unspecified atom stereocenters. The lowest BCUT2D eigenvalue weighted by molar-refractivity contribution is -0.134. The molecular formula is C23H22FN5O4. The standard InChI is InChI=1S/C23H22FN5O4/c1-12-10-29-17-9-16(24)14(4-5-18-25-6-7-28(18)3)8-15(17)20(30)23(19(29)13(2)33-12)11-26-22(32)27-21(23)31/h6-9,12-13,19H,10-11H2,1-3H3,(H2,26,27,31,32)/t12-,13+,19-,23?/m1/s1. The number of ketones is 1. The van der Waals surface area contributed by atoms with E-state index in [4.69, 9.17) is 4.74 Å². The molecule has 3 aliphatic heterocycles. The van der Waals surface area contributed by atoms with Crippen molar-refractivity contribution in [3.05, 3.63) is 47.3 Å². The van der Waals surface area contributed by atoms with Crippen molar-refractivity contribution in [1.82, 2.24) is 20.2 Å². The number of benzene rings is 1. The van der Waals surface area contributed by atoms with Crippen LogP contribution in [0.5, 0.6) is 0 Å². The van der Waals surface area contributed by atoms with Crippen LogP contribution in [0.15, 0.2) is 24.5 Å². The Labute approximate surface area is 189 Å². The molecule has 4 heterocycles. The third-order valence-corrected chi connectivity index (χ3v) is 6.52. The van der Waals surface area contributed by atoms with E-state index in [1.807, 2.05) is 11.8 Å². The molecule has 1 spiro atoms. The van der Waals surface area contributed by atoms with Crippen molar-refractivity contribution in [2.45, 2.75) is 32.1 Å². The van der Waals surface area contributed by atoms with Gasteiger partial charge in [-0.1, -0.05) is 5.92 Å². The van der Waals surface area contributed by atoms with E-state index in [1.165, 1.54) is 12.1 Å². The summed E-state index contributed by atoms with van der Waals surface area (Å²) in [5, 5.41) is 4.82. The molecule has 3 amide bonds. The quantitative estimate of drug-likeness (QED) is 0.457. The SMILES string of the molecule is C[C@@H]1CN2c3cc(F)c(C#Cc4nccn4C)cc3C(=O)C3(CNC(=O)NC3=O)[C@H]2[C@H](C)O1. The van der Waals surface area contributed by atoms with E-state index in [-0.39, 0.29) is 23.8 Å². The number of hydrogen-bond acceptors (Lipinski definition) is 6. The van der Waals surface area contributed by atoms with Crippen LogP contribution in [0.4, 0.5) is 14.9 Å². The van der Waals surface area contributed by atoms with Gasteiger partial charge in [-0.2, -0.15) is 0 Å². The van der Waals surface area contributed by atoms with Crippen molar-refractivity contribution in [2.75, 3.05) is 18.0 Å². The van der Waals surface area contributed by atoms with E-state index in [9.17, 15) is 14.4 Å². The first-order chi connectivity index (χ1) is 15.7. The van der Waals surface area contributed by atoms with E-state index in [0.29, 0.717) is 18.1 Å². The third kappa shape index (κ3) is 3.11. The molecule has 170 valence electrons. The lowest BCUT2D eigenvalue weighted by atomic mass is 9.66. The number of aryl methyl sites for hydroxylation is 1. The van der Waals surface area contributed by atoms with Crippen molar-refractivity contribution in [3.8, 4) is 11.8 Å². The van der Waals surface area contributed by atoms with E-state index < -0.39 is 41.1 Å². The molecule has 33 heavy (non-hydrogen) atoms. The molecule has 5 rings (SSSR count). The molecule has 0 bridgehead atoms. The van der Waals surface area contributed by atoms with Gasteiger partial charge in [0.25, 0.3) is 0 Å². The number of carbonyl (C=O) groups excluding carboxylic acids is 3. The number of carbonyl (C=O) groups is 3. The lowest BCUT2D eigenvalue weighted by Crippen LogP contribution is -2.75. The van der Waals surface area contributed by atoms with Crippen molar-refractivity contribution in [1.29, 1.82) is 0 Å². The molecule has 10 heteroatoms. The molecule has 3 aliphatic rings. The molecule has 2 N–H and O–H groups in total. The van der Waals surface area contributed by atoms with Crippen LogP contribution in [-0.2, 0) is 16.6 Å². The summed E-state index contributed by atoms with van der Waals surface area (Å²) in [6, 6.07) is 1.31. The number of amides is 3. The van der Waals surface area contributed by atoms with Crippen LogP contribution in [0.3, 0.4) is 0 Å². The minimum atomic E-state index is -1.61. The number of Topliss-reactive ketones (excluding diaryl/α,β-unsaturated/α-hetero) is 1. The molecule has 9 nitrogen and oxygen atoms in total. The smallest absolute Gasteiger partial charge is 0.321 e. The van der Waals surface area contributed by atoms with Gasteiger partial charge in [0.2, 0.25) is 5.91 Å². The average Bonchev–Trinajstić information content (AvgIpc) is 3.17. The van der Waals surface area contributed by atoms with E-state index >= 15 is 4.39 Å². The fraction of sp³-hybridized carbons (Fsp3) is 0.391. The maximum Gasteiger partial charge on any atom is 0.321 e. The zero-order valence-electron chi connectivity index (χ0n) is 18.3. The summed E-state index contributed by atoms with van der Waals surface area (Å²) >= 11 is 0. The van der Waals surface area contributed by atoms with Gasteiger partial charge in [0.1, 0.15) is 5.82 Å². The Morgan fingerprint density at radius 2 is 2.03 bits per heavy atom. The van der Waals surface area contributed by atoms with Gasteiger partial charge in [-0.25, -0.2) is 14.2 Å². The normalized spacial score (nSPS) is 28.4. The Kier molecular flexibility index (Phi) is 4.76. The van der Waals surface area contributed by atoms with Crippen LogP contribution in [-0.4, -0.2) is 58.6 Å². The first-order valence-corrected chi connectivity index (χ1v) is 10.6. The van der Waals surface area contributed by atoms with Crippen molar-refractivity contribution in [2.24, 2.45) is 12.5 Å². The van der Waals surface area contributed by atoms with Gasteiger partial charge in [0, 0.05) is 38.1 Å². The molecule has 0 saturated carbocycles. The van der Waals surface area contributed by atoms with Crippen LogP contribution < -0.4 is 15.5 Å². The second-order valence-corrected chi connectivity index (χ2v) is 8.65. The Bertz CT molecular complexity index is 1260. The minimum absolute atomic E-state index is 0.0216. The summed E-state index contributed by atoms with van der Waals surface area (Å²) in [6.45, 7) is 3.84. The van der Waals surface area contributed by atoms with Gasteiger partial charge in [0.05, 0.1) is 29.5 Å². The molecular weight excluding hydrogens is 429 g/mol. The molecule has 4 atom stereocenters. The number of morpholine rings is 1. The molecule has 2 fully saturated rings. The Balaban J connectivity index is 1.67. The van der Waals surface area contributed by atoms with Gasteiger partial charge in [-0.05, 0) is 31.9 Å². The molecule has 2 saturated heterocycles. The first-order valence-electron chi connectivity index (χ1n) is 10.6. The number of imide groups is 1. The second kappa shape index (κ2) is 7.42. The fourth-order valence-electron chi connectivity index (χ4n) is 5.09. The third-order valence-electron chi connectivity index (χ3n) is 6.52. The molecule has 0 radical (unpaired) electrons. The van der Waals surface area contributed by atoms with Gasteiger partial charge >= 0.3 is 6.03 Å². The van der Waals surface area contributed by atoms with E-state index in [2.05, 4.69) is 27.5 Å². The summed E-state index contributed by atoms with van der Waals surface area (Å²) in [6.07, 6.45) is 2.58. The number of urea groups is 1. The van der Waals surface area contributed by atoms with Crippen LogP contribution in [0.1, 0.15) is 35.6 Å². The summed E-state index contributed by atoms with van der Waals surface area (Å²) in [7, 11) is 1.77. The van der Waals surface area contributed by atoms with Crippen LogP contribution in [0, 0.1) is 23.1 Å². The number of halogens is 1. The lowest BCUT2D eigenvalue weighted by Gasteiger charge is -2.55. The summed E-state index contributed by atoms with van der Waals surface area (Å²) in [5.41, 5.74) is -1.01. The predicted octanol–water partition coefficient (Wildman–Crippen LogP) is 0.963. The maximum absolute atomic E-state index is 15.1. The van der Waals surface area contributed by atoms with Gasteiger partial charge < -0.3 is 19.5 Å². The highest BCUT2D eigenvalue weighted by Gasteiger charge is 2.63. The number of imidazole rings is 1.